The largest absolute Gasteiger partial charge is 0.492 e. The van der Waals surface area contributed by atoms with Gasteiger partial charge in [0.05, 0.1) is 6.54 Å². The molecule has 6 heteroatoms. The molecule has 0 amide bonds. The van der Waals surface area contributed by atoms with Crippen LogP contribution in [0.4, 0.5) is 0 Å². The minimum atomic E-state index is 0. The van der Waals surface area contributed by atoms with Gasteiger partial charge >= 0.3 is 0 Å². The van der Waals surface area contributed by atoms with E-state index in [2.05, 4.69) is 6.92 Å². The lowest BCUT2D eigenvalue weighted by molar-refractivity contribution is 0.269. The molecule has 0 radical (unpaired) electrons. The average molecular weight is 323 g/mol. The zero-order valence-corrected chi connectivity index (χ0v) is 13.4. The van der Waals surface area contributed by atoms with Crippen molar-refractivity contribution in [1.29, 1.82) is 0 Å². The van der Waals surface area contributed by atoms with E-state index in [1.165, 1.54) is 0 Å². The molecule has 0 saturated carbocycles. The van der Waals surface area contributed by atoms with Gasteiger partial charge in [0.15, 0.2) is 5.11 Å². The highest BCUT2D eigenvalue weighted by Gasteiger charge is 2.04. The lowest BCUT2D eigenvalue weighted by Crippen LogP contribution is -2.38. The Morgan fingerprint density at radius 1 is 1.32 bits per heavy atom. The third-order valence-corrected chi connectivity index (χ3v) is 3.08. The van der Waals surface area contributed by atoms with Gasteiger partial charge in [-0.2, -0.15) is 0 Å². The van der Waals surface area contributed by atoms with Gasteiger partial charge in [-0.3, -0.25) is 0 Å². The summed E-state index contributed by atoms with van der Waals surface area (Å²) < 4.78 is 5.63. The summed E-state index contributed by atoms with van der Waals surface area (Å²) in [7, 11) is 0. The van der Waals surface area contributed by atoms with Crippen LogP contribution in [-0.4, -0.2) is 29.7 Å². The van der Waals surface area contributed by atoms with Gasteiger partial charge in [-0.15, -0.1) is 24.0 Å². The van der Waals surface area contributed by atoms with Crippen molar-refractivity contribution in [2.45, 2.75) is 19.2 Å². The molecule has 0 aliphatic heterocycles. The van der Waals surface area contributed by atoms with Crippen LogP contribution in [0.5, 0.6) is 5.75 Å². The first-order valence-electron chi connectivity index (χ1n) is 5.99. The minimum absolute atomic E-state index is 0. The Labute approximate surface area is 131 Å². The van der Waals surface area contributed by atoms with E-state index < -0.39 is 0 Å². The maximum atomic E-state index is 5.72. The van der Waals surface area contributed by atoms with E-state index in [1.807, 2.05) is 29.2 Å². The van der Waals surface area contributed by atoms with E-state index in [1.54, 1.807) is 0 Å². The maximum absolute atomic E-state index is 5.72. The number of hydrogen-bond acceptors (Lipinski definition) is 2. The number of halogens is 2. The Kier molecular flexibility index (Phi) is 9.74. The molecule has 0 bridgehead atoms. The highest BCUT2D eigenvalue weighted by Crippen LogP contribution is 2.13. The van der Waals surface area contributed by atoms with Crippen LogP contribution >= 0.6 is 36.2 Å². The molecule has 0 spiro atoms. The maximum Gasteiger partial charge on any atom is 0.166 e. The van der Waals surface area contributed by atoms with Crippen molar-refractivity contribution in [3.63, 3.8) is 0 Å². The number of nitrogens with two attached hydrogens (primary N) is 1. The fourth-order valence-electron chi connectivity index (χ4n) is 1.55. The molecular weight excluding hydrogens is 303 g/mol. The lowest BCUT2D eigenvalue weighted by Gasteiger charge is -2.22. The molecule has 1 rings (SSSR count). The molecule has 19 heavy (non-hydrogen) atoms. The molecular formula is C13H20Cl2N2OS. The molecule has 1 aromatic rings. The number of hydrogen-bond donors (Lipinski definition) is 1. The summed E-state index contributed by atoms with van der Waals surface area (Å²) >= 11 is 10.7. The number of rotatable bonds is 7. The highest BCUT2D eigenvalue weighted by molar-refractivity contribution is 7.80. The summed E-state index contributed by atoms with van der Waals surface area (Å²) in [5.74, 6) is 1.36. The quantitative estimate of drug-likeness (QED) is 0.618. The standard InChI is InChI=1S/C13H19ClN2OS.ClH/c1-2-7-16(13(15)18)8-9-17-12-5-3-11(10-14)4-6-12;/h3-6H,2,7-10H2,1H3,(H2,15,18);1H. The van der Waals surface area contributed by atoms with Crippen molar-refractivity contribution in [2.24, 2.45) is 5.73 Å². The van der Waals surface area contributed by atoms with Gasteiger partial charge in [-0.25, -0.2) is 0 Å². The van der Waals surface area contributed by atoms with Gasteiger partial charge < -0.3 is 15.4 Å². The summed E-state index contributed by atoms with van der Waals surface area (Å²) in [6.07, 6.45) is 1.02. The summed E-state index contributed by atoms with van der Waals surface area (Å²) in [5.41, 5.74) is 6.71. The van der Waals surface area contributed by atoms with Crippen molar-refractivity contribution in [3.05, 3.63) is 29.8 Å². The number of benzene rings is 1. The van der Waals surface area contributed by atoms with Crippen LogP contribution in [0.3, 0.4) is 0 Å². The third-order valence-electron chi connectivity index (χ3n) is 2.51. The normalized spacial score (nSPS) is 9.58. The Morgan fingerprint density at radius 2 is 1.95 bits per heavy atom. The van der Waals surface area contributed by atoms with Gasteiger partial charge in [-0.1, -0.05) is 19.1 Å². The first kappa shape index (κ1) is 18.3. The molecule has 0 aliphatic carbocycles. The summed E-state index contributed by atoms with van der Waals surface area (Å²) in [4.78, 5) is 1.95. The zero-order valence-electron chi connectivity index (χ0n) is 11.0. The number of nitrogens with zero attached hydrogens (tertiary/aromatic N) is 1. The van der Waals surface area contributed by atoms with Crippen molar-refractivity contribution in [1.82, 2.24) is 4.90 Å². The average Bonchev–Trinajstić information content (AvgIpc) is 2.38. The second-order valence-corrected chi connectivity index (χ2v) is 4.64. The fraction of sp³-hybridized carbons (Fsp3) is 0.462. The molecule has 2 N–H and O–H groups in total. The van der Waals surface area contributed by atoms with E-state index in [0.717, 1.165) is 24.3 Å². The molecule has 0 unspecified atom stereocenters. The number of thiocarbonyl (C=S) groups is 1. The molecule has 0 aliphatic rings. The summed E-state index contributed by atoms with van der Waals surface area (Å²) in [5, 5.41) is 0.429. The van der Waals surface area contributed by atoms with E-state index in [-0.39, 0.29) is 12.4 Å². The molecule has 0 aromatic heterocycles. The van der Waals surface area contributed by atoms with Crippen molar-refractivity contribution >= 4 is 41.3 Å². The molecule has 0 saturated heterocycles. The number of ether oxygens (including phenoxy) is 1. The van der Waals surface area contributed by atoms with Crippen LogP contribution in [0, 0.1) is 0 Å². The SMILES string of the molecule is CCCN(CCOc1ccc(CCl)cc1)C(N)=S.Cl. The molecule has 0 fully saturated rings. The molecule has 3 nitrogen and oxygen atoms in total. The summed E-state index contributed by atoms with van der Waals surface area (Å²) in [6.45, 7) is 4.24. The Morgan fingerprint density at radius 3 is 2.42 bits per heavy atom. The summed E-state index contributed by atoms with van der Waals surface area (Å²) in [6, 6.07) is 7.75. The molecule has 0 heterocycles. The number of alkyl halides is 1. The zero-order chi connectivity index (χ0) is 13.4. The smallest absolute Gasteiger partial charge is 0.166 e. The van der Waals surface area contributed by atoms with Gasteiger partial charge in [0.2, 0.25) is 0 Å². The third kappa shape index (κ3) is 6.85. The van der Waals surface area contributed by atoms with Gasteiger partial charge in [0, 0.05) is 12.4 Å². The van der Waals surface area contributed by atoms with Crippen LogP contribution in [0.15, 0.2) is 24.3 Å². The predicted octanol–water partition coefficient (Wildman–Crippen LogP) is 3.18. The Bertz CT molecular complexity index is 373. The van der Waals surface area contributed by atoms with Crippen LogP contribution < -0.4 is 10.5 Å². The second-order valence-electron chi connectivity index (χ2n) is 3.95. The van der Waals surface area contributed by atoms with E-state index >= 15 is 0 Å². The highest BCUT2D eigenvalue weighted by atomic mass is 35.5. The fourth-order valence-corrected chi connectivity index (χ4v) is 1.91. The van der Waals surface area contributed by atoms with E-state index in [9.17, 15) is 0 Å². The Balaban J connectivity index is 0.00000324. The second kappa shape index (κ2) is 10.1. The van der Waals surface area contributed by atoms with E-state index in [0.29, 0.717) is 24.1 Å². The monoisotopic (exact) mass is 322 g/mol. The van der Waals surface area contributed by atoms with Crippen LogP contribution in [0.1, 0.15) is 18.9 Å². The van der Waals surface area contributed by atoms with Gasteiger partial charge in [0.25, 0.3) is 0 Å². The molecule has 0 atom stereocenters. The van der Waals surface area contributed by atoms with E-state index in [4.69, 9.17) is 34.3 Å². The molecule has 108 valence electrons. The first-order chi connectivity index (χ1) is 8.67. The van der Waals surface area contributed by atoms with Crippen molar-refractivity contribution < 1.29 is 4.74 Å². The van der Waals surface area contributed by atoms with Gasteiger partial charge in [-0.05, 0) is 36.3 Å². The first-order valence-corrected chi connectivity index (χ1v) is 6.93. The van der Waals surface area contributed by atoms with Crippen LogP contribution in [-0.2, 0) is 5.88 Å². The Hall–Kier alpha value is -0.710. The topological polar surface area (TPSA) is 38.5 Å². The predicted molar refractivity (Wildman–Crippen MR) is 87.4 cm³/mol. The molecule has 1 aromatic carbocycles. The lowest BCUT2D eigenvalue weighted by atomic mass is 10.2. The van der Waals surface area contributed by atoms with Crippen molar-refractivity contribution in [2.75, 3.05) is 19.7 Å². The minimum Gasteiger partial charge on any atom is -0.492 e. The van der Waals surface area contributed by atoms with Crippen LogP contribution in [0.2, 0.25) is 0 Å². The van der Waals surface area contributed by atoms with Gasteiger partial charge in [0.1, 0.15) is 12.4 Å². The van der Waals surface area contributed by atoms with Crippen molar-refractivity contribution in [3.8, 4) is 5.75 Å². The van der Waals surface area contributed by atoms with Crippen LogP contribution in [0.25, 0.3) is 0 Å².